The molecule has 0 spiro atoms. The number of aliphatic hydroxyl groups is 1. The molecule has 1 aliphatic carbocycles. The van der Waals surface area contributed by atoms with Crippen LogP contribution in [0.2, 0.25) is 0 Å². The molecule has 1 aromatic heterocycles. The van der Waals surface area contributed by atoms with Crippen LogP contribution in [0.4, 0.5) is 0 Å². The quantitative estimate of drug-likeness (QED) is 0.751. The van der Waals surface area contributed by atoms with Crippen molar-refractivity contribution in [3.05, 3.63) is 40.4 Å². The van der Waals surface area contributed by atoms with Gasteiger partial charge in [-0.2, -0.15) is 0 Å². The molecular weight excluding hydrogens is 266 g/mol. The molecule has 1 heterocycles. The first kappa shape index (κ1) is 14.2. The minimum absolute atomic E-state index is 0.0873. The Hall–Kier alpha value is -1.72. The highest BCUT2D eigenvalue weighted by Gasteiger charge is 2.21. The van der Waals surface area contributed by atoms with Crippen LogP contribution in [-0.2, 0) is 6.54 Å². The maximum Gasteiger partial charge on any atom is 0.258 e. The summed E-state index contributed by atoms with van der Waals surface area (Å²) in [7, 11) is 0. The standard InChI is InChI=1S/C16H21N3O2/c20-14-9-3-1-2-8-13(14)17-10-15-18-12-7-5-4-6-11(12)16(21)19-15/h4-7,13-14,17,20H,1-3,8-10H2,(H,18,19,21). The number of nitrogens with zero attached hydrogens (tertiary/aromatic N) is 1. The molecule has 2 aromatic rings. The van der Waals surface area contributed by atoms with Gasteiger partial charge in [0.1, 0.15) is 5.82 Å². The summed E-state index contributed by atoms with van der Waals surface area (Å²) < 4.78 is 0. The number of para-hydroxylation sites is 1. The maximum atomic E-state index is 12.0. The molecular formula is C16H21N3O2. The van der Waals surface area contributed by atoms with Crippen LogP contribution >= 0.6 is 0 Å². The largest absolute Gasteiger partial charge is 0.392 e. The van der Waals surface area contributed by atoms with E-state index in [1.54, 1.807) is 6.07 Å². The van der Waals surface area contributed by atoms with Gasteiger partial charge in [-0.3, -0.25) is 4.79 Å². The van der Waals surface area contributed by atoms with Gasteiger partial charge in [-0.05, 0) is 25.0 Å². The van der Waals surface area contributed by atoms with Gasteiger partial charge in [-0.1, -0.05) is 31.4 Å². The lowest BCUT2D eigenvalue weighted by Gasteiger charge is -2.21. The van der Waals surface area contributed by atoms with Gasteiger partial charge in [0.15, 0.2) is 0 Å². The van der Waals surface area contributed by atoms with E-state index < -0.39 is 0 Å². The van der Waals surface area contributed by atoms with Crippen molar-refractivity contribution in [3.63, 3.8) is 0 Å². The van der Waals surface area contributed by atoms with Gasteiger partial charge in [-0.15, -0.1) is 0 Å². The number of aromatic nitrogens is 2. The van der Waals surface area contributed by atoms with E-state index >= 15 is 0 Å². The summed E-state index contributed by atoms with van der Waals surface area (Å²) in [6.45, 7) is 0.474. The molecule has 5 nitrogen and oxygen atoms in total. The number of nitrogens with one attached hydrogen (secondary N) is 2. The topological polar surface area (TPSA) is 78.0 Å². The van der Waals surface area contributed by atoms with Crippen molar-refractivity contribution in [1.29, 1.82) is 0 Å². The molecule has 21 heavy (non-hydrogen) atoms. The fraction of sp³-hybridized carbons (Fsp3) is 0.500. The summed E-state index contributed by atoms with van der Waals surface area (Å²) >= 11 is 0. The van der Waals surface area contributed by atoms with E-state index in [1.165, 1.54) is 6.42 Å². The van der Waals surface area contributed by atoms with E-state index in [0.29, 0.717) is 23.3 Å². The Morgan fingerprint density at radius 1 is 1.24 bits per heavy atom. The van der Waals surface area contributed by atoms with Crippen LogP contribution in [0.15, 0.2) is 29.1 Å². The second kappa shape index (κ2) is 6.37. The number of benzene rings is 1. The molecule has 2 unspecified atom stereocenters. The van der Waals surface area contributed by atoms with E-state index in [9.17, 15) is 9.90 Å². The molecule has 3 rings (SSSR count). The molecule has 0 amide bonds. The Morgan fingerprint density at radius 3 is 2.95 bits per heavy atom. The second-order valence-corrected chi connectivity index (χ2v) is 5.72. The van der Waals surface area contributed by atoms with E-state index in [2.05, 4.69) is 15.3 Å². The lowest BCUT2D eigenvalue weighted by atomic mass is 10.1. The molecule has 2 atom stereocenters. The summed E-state index contributed by atoms with van der Waals surface area (Å²) in [5.74, 6) is 0.621. The molecule has 1 aliphatic rings. The van der Waals surface area contributed by atoms with Gasteiger partial charge in [0.2, 0.25) is 0 Å². The third-order valence-corrected chi connectivity index (χ3v) is 4.17. The van der Waals surface area contributed by atoms with Gasteiger partial charge in [0.05, 0.1) is 23.6 Å². The maximum absolute atomic E-state index is 12.0. The predicted octanol–water partition coefficient (Wildman–Crippen LogP) is 1.71. The Labute approximate surface area is 123 Å². The SMILES string of the molecule is O=c1[nH]c(CNC2CCCCCC2O)nc2ccccc12. The van der Waals surface area contributed by atoms with Crippen LogP contribution in [0.3, 0.4) is 0 Å². The molecule has 0 aliphatic heterocycles. The van der Waals surface area contributed by atoms with Gasteiger partial charge in [-0.25, -0.2) is 4.98 Å². The Bertz CT molecular complexity index is 668. The third-order valence-electron chi connectivity index (χ3n) is 4.17. The van der Waals surface area contributed by atoms with Crippen molar-refractivity contribution < 1.29 is 5.11 Å². The average molecular weight is 287 g/mol. The van der Waals surface area contributed by atoms with E-state index in [4.69, 9.17) is 0 Å². The zero-order valence-electron chi connectivity index (χ0n) is 12.0. The molecule has 1 saturated carbocycles. The highest BCUT2D eigenvalue weighted by Crippen LogP contribution is 2.18. The average Bonchev–Trinajstić information content (AvgIpc) is 2.70. The highest BCUT2D eigenvalue weighted by atomic mass is 16.3. The molecule has 3 N–H and O–H groups in total. The molecule has 0 saturated heterocycles. The molecule has 0 radical (unpaired) electrons. The zero-order chi connectivity index (χ0) is 14.7. The lowest BCUT2D eigenvalue weighted by molar-refractivity contribution is 0.119. The van der Waals surface area contributed by atoms with Crippen LogP contribution in [0.1, 0.15) is 37.9 Å². The van der Waals surface area contributed by atoms with Gasteiger partial charge >= 0.3 is 0 Å². The van der Waals surface area contributed by atoms with Crippen molar-refractivity contribution in [3.8, 4) is 0 Å². The fourth-order valence-electron chi connectivity index (χ4n) is 2.97. The normalized spacial score (nSPS) is 23.1. The number of rotatable bonds is 3. The first-order chi connectivity index (χ1) is 10.2. The first-order valence-electron chi connectivity index (χ1n) is 7.63. The zero-order valence-corrected chi connectivity index (χ0v) is 12.0. The van der Waals surface area contributed by atoms with E-state index in [-0.39, 0.29) is 17.7 Å². The summed E-state index contributed by atoms with van der Waals surface area (Å²) in [6.07, 6.45) is 4.92. The van der Waals surface area contributed by atoms with Crippen LogP contribution in [0.5, 0.6) is 0 Å². The Balaban J connectivity index is 1.74. The van der Waals surface area contributed by atoms with Gasteiger partial charge in [0, 0.05) is 6.04 Å². The molecule has 112 valence electrons. The summed E-state index contributed by atoms with van der Waals surface area (Å²) in [4.78, 5) is 19.3. The Morgan fingerprint density at radius 2 is 2.05 bits per heavy atom. The van der Waals surface area contributed by atoms with E-state index in [0.717, 1.165) is 25.7 Å². The number of hydrogen-bond donors (Lipinski definition) is 3. The fourth-order valence-corrected chi connectivity index (χ4v) is 2.97. The third kappa shape index (κ3) is 3.31. The monoisotopic (exact) mass is 287 g/mol. The van der Waals surface area contributed by atoms with Crippen LogP contribution < -0.4 is 10.9 Å². The summed E-state index contributed by atoms with van der Waals surface area (Å²) in [5, 5.41) is 14.0. The number of aliphatic hydroxyl groups excluding tert-OH is 1. The van der Waals surface area contributed by atoms with Crippen LogP contribution in [0.25, 0.3) is 10.9 Å². The Kier molecular flexibility index (Phi) is 4.31. The number of aromatic amines is 1. The first-order valence-corrected chi connectivity index (χ1v) is 7.63. The van der Waals surface area contributed by atoms with Crippen molar-refractivity contribution in [1.82, 2.24) is 15.3 Å². The minimum Gasteiger partial charge on any atom is -0.392 e. The molecule has 5 heteroatoms. The van der Waals surface area contributed by atoms with Gasteiger partial charge < -0.3 is 15.4 Å². The highest BCUT2D eigenvalue weighted by molar-refractivity contribution is 5.77. The molecule has 1 aromatic carbocycles. The molecule has 0 bridgehead atoms. The number of hydrogen-bond acceptors (Lipinski definition) is 4. The number of H-pyrrole nitrogens is 1. The van der Waals surface area contributed by atoms with Crippen molar-refractivity contribution >= 4 is 10.9 Å². The van der Waals surface area contributed by atoms with Crippen LogP contribution in [0, 0.1) is 0 Å². The minimum atomic E-state index is -0.306. The smallest absolute Gasteiger partial charge is 0.258 e. The lowest BCUT2D eigenvalue weighted by Crippen LogP contribution is -2.39. The van der Waals surface area contributed by atoms with Crippen molar-refractivity contribution in [2.45, 2.75) is 50.8 Å². The van der Waals surface area contributed by atoms with Crippen molar-refractivity contribution in [2.75, 3.05) is 0 Å². The summed E-state index contributed by atoms with van der Waals surface area (Å²) in [5.41, 5.74) is 0.596. The van der Waals surface area contributed by atoms with Gasteiger partial charge in [0.25, 0.3) is 5.56 Å². The predicted molar refractivity (Wildman–Crippen MR) is 82.1 cm³/mol. The summed E-state index contributed by atoms with van der Waals surface area (Å²) in [6, 6.07) is 7.41. The van der Waals surface area contributed by atoms with Crippen molar-refractivity contribution in [2.24, 2.45) is 0 Å². The number of fused-ring (bicyclic) bond motifs is 1. The second-order valence-electron chi connectivity index (χ2n) is 5.72. The molecule has 1 fully saturated rings. The van der Waals surface area contributed by atoms with E-state index in [1.807, 2.05) is 18.2 Å². The van der Waals surface area contributed by atoms with Crippen LogP contribution in [-0.4, -0.2) is 27.2 Å².